The first-order valence-electron chi connectivity index (χ1n) is 8.88. The molecule has 7 nitrogen and oxygen atoms in total. The van der Waals surface area contributed by atoms with Crippen LogP contribution < -0.4 is 0 Å². The Hall–Kier alpha value is -0.412. The van der Waals surface area contributed by atoms with E-state index < -0.39 is 34.0 Å². The molecule has 0 aliphatic carbocycles. The van der Waals surface area contributed by atoms with Crippen LogP contribution in [0.25, 0.3) is 0 Å². The Bertz CT molecular complexity index is 551. The summed E-state index contributed by atoms with van der Waals surface area (Å²) in [6, 6.07) is 0.654. The molecule has 0 fully saturated rings. The quantitative estimate of drug-likeness (QED) is 0.419. The number of amides is 2. The van der Waals surface area contributed by atoms with E-state index in [4.69, 9.17) is 12.3 Å². The van der Waals surface area contributed by atoms with E-state index in [9.17, 15) is 14.4 Å². The molecule has 150 valence electrons. The zero-order valence-electron chi connectivity index (χ0n) is 17.2. The molecule has 1 rings (SSSR count). The monoisotopic (exact) mass is 435 g/mol. The molecule has 1 heterocycles. The first kappa shape index (κ1) is 23.6. The first-order chi connectivity index (χ1) is 11.5. The molecule has 0 aromatic heterocycles. The second kappa shape index (κ2) is 8.30. The number of hydrogen-bond acceptors (Lipinski definition) is 6. The lowest BCUT2D eigenvalue weighted by Crippen LogP contribution is -2.57. The average molecular weight is 436 g/mol. The maximum absolute atomic E-state index is 11.7. The summed E-state index contributed by atoms with van der Waals surface area (Å²) in [5, 5.41) is 0. The highest BCUT2D eigenvalue weighted by molar-refractivity contribution is 6.88. The van der Waals surface area contributed by atoms with Gasteiger partial charge in [-0.25, -0.2) is 0 Å². The van der Waals surface area contributed by atoms with E-state index in [1.807, 2.05) is 19.6 Å². The topological polar surface area (TPSA) is 85.3 Å². The van der Waals surface area contributed by atoms with E-state index in [-0.39, 0.29) is 11.8 Å². The second-order valence-electron chi connectivity index (χ2n) is 8.66. The fourth-order valence-electron chi connectivity index (χ4n) is 3.12. The van der Waals surface area contributed by atoms with E-state index in [1.165, 1.54) is 17.1 Å². The third kappa shape index (κ3) is 8.52. The van der Waals surface area contributed by atoms with Gasteiger partial charge in [-0.3, -0.25) is 14.5 Å². The van der Waals surface area contributed by atoms with Crippen LogP contribution in [0.1, 0.15) is 6.42 Å². The van der Waals surface area contributed by atoms with E-state index >= 15 is 0 Å². The Balaban J connectivity index is 2.79. The lowest BCUT2D eigenvalue weighted by molar-refractivity contribution is -0.136. The van der Waals surface area contributed by atoms with Crippen LogP contribution in [0.5, 0.6) is 0 Å². The SMILES string of the molecule is C[Si](C)(C)O[Si](C)(CCCN1C(=O)C=CC1=O)O[Si](C)(C)O[Si](C)(C)O. The number of rotatable bonds is 10. The predicted octanol–water partition coefficient (Wildman–Crippen LogP) is 2.65. The van der Waals surface area contributed by atoms with Gasteiger partial charge in [0.05, 0.1) is 0 Å². The van der Waals surface area contributed by atoms with Gasteiger partial charge in [-0.15, -0.1) is 0 Å². The molecular weight excluding hydrogens is 403 g/mol. The Kier molecular flexibility index (Phi) is 7.55. The highest BCUT2D eigenvalue weighted by atomic mass is 28.5. The lowest BCUT2D eigenvalue weighted by Gasteiger charge is -2.40. The van der Waals surface area contributed by atoms with Gasteiger partial charge in [-0.05, 0) is 64.8 Å². The normalized spacial score (nSPS) is 18.6. The third-order valence-corrected chi connectivity index (χ3v) is 16.5. The molecule has 2 amide bonds. The fraction of sp³-hybridized carbons (Fsp3) is 0.733. The number of hydrogen-bond donors (Lipinski definition) is 1. The van der Waals surface area contributed by atoms with Crippen molar-refractivity contribution in [2.75, 3.05) is 6.54 Å². The van der Waals surface area contributed by atoms with Crippen molar-refractivity contribution in [3.8, 4) is 0 Å². The summed E-state index contributed by atoms with van der Waals surface area (Å²) >= 11 is 0. The van der Waals surface area contributed by atoms with Gasteiger partial charge in [0, 0.05) is 18.7 Å². The van der Waals surface area contributed by atoms with Gasteiger partial charge >= 0.3 is 25.7 Å². The van der Waals surface area contributed by atoms with Crippen LogP contribution in [0.15, 0.2) is 12.2 Å². The third-order valence-electron chi connectivity index (χ3n) is 3.39. The van der Waals surface area contributed by atoms with Gasteiger partial charge < -0.3 is 17.1 Å². The van der Waals surface area contributed by atoms with Crippen molar-refractivity contribution < 1.29 is 26.7 Å². The largest absolute Gasteiger partial charge is 0.437 e. The van der Waals surface area contributed by atoms with E-state index in [0.29, 0.717) is 19.0 Å². The van der Waals surface area contributed by atoms with Gasteiger partial charge in [0.1, 0.15) is 0 Å². The minimum absolute atomic E-state index is 0.267. The molecule has 1 aliphatic heterocycles. The zero-order chi connectivity index (χ0) is 20.4. The Morgan fingerprint density at radius 3 is 1.81 bits per heavy atom. The summed E-state index contributed by atoms with van der Waals surface area (Å²) in [6.45, 7) is 16.0. The predicted molar refractivity (Wildman–Crippen MR) is 111 cm³/mol. The fourth-order valence-corrected chi connectivity index (χ4v) is 20.0. The van der Waals surface area contributed by atoms with Crippen LogP contribution in [0.3, 0.4) is 0 Å². The van der Waals surface area contributed by atoms with Gasteiger partial charge in [0.2, 0.25) is 0 Å². The molecule has 1 unspecified atom stereocenters. The van der Waals surface area contributed by atoms with Crippen LogP contribution in [0.2, 0.25) is 58.4 Å². The van der Waals surface area contributed by atoms with Crippen molar-refractivity contribution in [1.29, 1.82) is 0 Å². The molecule has 1 N–H and O–H groups in total. The highest BCUT2D eigenvalue weighted by Gasteiger charge is 2.45. The number of imide groups is 1. The van der Waals surface area contributed by atoms with Crippen LogP contribution in [0.4, 0.5) is 0 Å². The van der Waals surface area contributed by atoms with Gasteiger partial charge in [0.25, 0.3) is 11.8 Å². The second-order valence-corrected chi connectivity index (χ2v) is 23.8. The number of carbonyl (C=O) groups excluding carboxylic acids is 2. The molecule has 26 heavy (non-hydrogen) atoms. The molecule has 11 heteroatoms. The Morgan fingerprint density at radius 2 is 1.38 bits per heavy atom. The molecule has 0 aromatic rings. The molecule has 0 radical (unpaired) electrons. The maximum atomic E-state index is 11.7. The van der Waals surface area contributed by atoms with Crippen LogP contribution in [0, 0.1) is 0 Å². The molecule has 1 aliphatic rings. The van der Waals surface area contributed by atoms with E-state index in [0.717, 1.165) is 0 Å². The summed E-state index contributed by atoms with van der Waals surface area (Å²) < 4.78 is 18.8. The minimum Gasteiger partial charge on any atom is -0.437 e. The molecule has 1 atom stereocenters. The van der Waals surface area contributed by atoms with Crippen molar-refractivity contribution >= 4 is 45.8 Å². The van der Waals surface area contributed by atoms with Crippen LogP contribution in [-0.4, -0.2) is 62.1 Å². The first-order valence-corrected chi connectivity index (χ1v) is 20.5. The van der Waals surface area contributed by atoms with Crippen molar-refractivity contribution in [2.45, 2.75) is 64.8 Å². The number of nitrogens with zero attached hydrogens (tertiary/aromatic N) is 1. The Morgan fingerprint density at radius 1 is 0.885 bits per heavy atom. The zero-order valence-corrected chi connectivity index (χ0v) is 21.2. The van der Waals surface area contributed by atoms with E-state index in [1.54, 1.807) is 13.1 Å². The summed E-state index contributed by atoms with van der Waals surface area (Å²) in [7, 11) is -9.75. The molecule has 0 spiro atoms. The minimum atomic E-state index is -2.71. The molecular formula is C15H33NO6Si4. The van der Waals surface area contributed by atoms with Crippen molar-refractivity contribution in [3.05, 3.63) is 12.2 Å². The highest BCUT2D eigenvalue weighted by Crippen LogP contribution is 2.27. The standard InChI is InChI=1S/C15H33NO6Si4/c1-23(2,3)20-26(8,22-25(6,7)21-24(4,5)19)13-9-12-16-14(17)10-11-15(16)18/h10-11,19H,9,12-13H2,1-8H3. The van der Waals surface area contributed by atoms with Gasteiger partial charge in [-0.2, -0.15) is 0 Å². The van der Waals surface area contributed by atoms with E-state index in [2.05, 4.69) is 19.6 Å². The number of carbonyl (C=O) groups is 2. The molecule has 0 aromatic carbocycles. The van der Waals surface area contributed by atoms with Crippen LogP contribution >= 0.6 is 0 Å². The Labute approximate surface area is 161 Å². The molecule has 0 saturated carbocycles. The maximum Gasteiger partial charge on any atom is 0.320 e. The summed E-state index contributed by atoms with van der Waals surface area (Å²) in [6.07, 6.45) is 3.22. The van der Waals surface area contributed by atoms with Gasteiger partial charge in [-0.1, -0.05) is 0 Å². The van der Waals surface area contributed by atoms with Crippen molar-refractivity contribution in [2.24, 2.45) is 0 Å². The van der Waals surface area contributed by atoms with Crippen LogP contribution in [-0.2, 0) is 21.9 Å². The van der Waals surface area contributed by atoms with Crippen molar-refractivity contribution in [3.63, 3.8) is 0 Å². The smallest absolute Gasteiger partial charge is 0.320 e. The lowest BCUT2D eigenvalue weighted by atomic mass is 10.4. The van der Waals surface area contributed by atoms with Crippen molar-refractivity contribution in [1.82, 2.24) is 4.90 Å². The molecule has 0 saturated heterocycles. The van der Waals surface area contributed by atoms with Gasteiger partial charge in [0.15, 0.2) is 8.32 Å². The summed E-state index contributed by atoms with van der Waals surface area (Å²) in [5.74, 6) is -0.534. The molecule has 0 bridgehead atoms. The summed E-state index contributed by atoms with van der Waals surface area (Å²) in [5.41, 5.74) is 0. The summed E-state index contributed by atoms with van der Waals surface area (Å²) in [4.78, 5) is 34.8. The average Bonchev–Trinajstić information content (AvgIpc) is 2.63.